The van der Waals surface area contributed by atoms with Crippen LogP contribution < -0.4 is 5.46 Å². The van der Waals surface area contributed by atoms with Crippen LogP contribution in [0.4, 0.5) is 4.79 Å². The Balaban J connectivity index is 1.50. The highest BCUT2D eigenvalue weighted by molar-refractivity contribution is 6.62. The standard InChI is InChI=1S/C25H36BN3O4/c1-16-13-20(29(15-16)22(30)31-23(2,3)4)21-27-14-19(28-21)17-9-11-18(12-10-17)26-32-24(5,6)25(7,8)33-26/h9-12,14,16,20H,13,15H2,1-8H3,(H,27,28)/t16-,20+/m1/s1. The normalized spacial score (nSPS) is 24.4. The van der Waals surface area contributed by atoms with E-state index in [9.17, 15) is 4.79 Å². The highest BCUT2D eigenvalue weighted by Gasteiger charge is 2.51. The third kappa shape index (κ3) is 4.82. The van der Waals surface area contributed by atoms with Gasteiger partial charge in [-0.1, -0.05) is 31.2 Å². The summed E-state index contributed by atoms with van der Waals surface area (Å²) in [5.41, 5.74) is 1.55. The molecular formula is C25H36BN3O4. The molecule has 178 valence electrons. The number of benzene rings is 1. The lowest BCUT2D eigenvalue weighted by Gasteiger charge is -2.32. The molecule has 0 spiro atoms. The number of H-pyrrole nitrogens is 1. The van der Waals surface area contributed by atoms with Crippen molar-refractivity contribution in [3.63, 3.8) is 0 Å². The highest BCUT2D eigenvalue weighted by Crippen LogP contribution is 2.37. The Morgan fingerprint density at radius 2 is 1.76 bits per heavy atom. The topological polar surface area (TPSA) is 76.7 Å². The maximum absolute atomic E-state index is 12.8. The number of carbonyl (C=O) groups excluding carboxylic acids is 1. The number of carbonyl (C=O) groups is 1. The lowest BCUT2D eigenvalue weighted by atomic mass is 9.79. The van der Waals surface area contributed by atoms with Gasteiger partial charge in [0.1, 0.15) is 11.4 Å². The van der Waals surface area contributed by atoms with E-state index in [1.54, 1.807) is 4.90 Å². The third-order valence-electron chi connectivity index (χ3n) is 6.78. The third-order valence-corrected chi connectivity index (χ3v) is 6.78. The first-order valence-corrected chi connectivity index (χ1v) is 11.8. The fourth-order valence-corrected chi connectivity index (χ4v) is 4.27. The van der Waals surface area contributed by atoms with Crippen molar-refractivity contribution in [1.82, 2.24) is 14.9 Å². The summed E-state index contributed by atoms with van der Waals surface area (Å²) in [5.74, 6) is 1.17. The van der Waals surface area contributed by atoms with Crippen LogP contribution in [0, 0.1) is 5.92 Å². The molecule has 2 aliphatic rings. The quantitative estimate of drug-likeness (QED) is 0.683. The summed E-state index contributed by atoms with van der Waals surface area (Å²) in [4.78, 5) is 22.7. The Kier molecular flexibility index (Phi) is 5.90. The Labute approximate surface area is 197 Å². The number of nitrogens with zero attached hydrogens (tertiary/aromatic N) is 2. The van der Waals surface area contributed by atoms with Crippen LogP contribution in [-0.4, -0.2) is 51.4 Å². The van der Waals surface area contributed by atoms with Crippen molar-refractivity contribution in [2.45, 2.75) is 84.7 Å². The van der Waals surface area contributed by atoms with Crippen LogP contribution in [0.1, 0.15) is 73.7 Å². The fraction of sp³-hybridized carbons (Fsp3) is 0.600. The zero-order valence-electron chi connectivity index (χ0n) is 21.1. The van der Waals surface area contributed by atoms with Crippen LogP contribution in [0.25, 0.3) is 11.3 Å². The summed E-state index contributed by atoms with van der Waals surface area (Å²) in [5, 5.41) is 0. The summed E-state index contributed by atoms with van der Waals surface area (Å²) in [6.45, 7) is 16.7. The predicted octanol–water partition coefficient (Wildman–Crippen LogP) is 4.69. The summed E-state index contributed by atoms with van der Waals surface area (Å²) in [6.07, 6.45) is 2.46. The van der Waals surface area contributed by atoms with Gasteiger partial charge in [-0.3, -0.25) is 4.90 Å². The number of amides is 1. The lowest BCUT2D eigenvalue weighted by Crippen LogP contribution is -2.41. The molecule has 0 unspecified atom stereocenters. The van der Waals surface area contributed by atoms with Gasteiger partial charge in [0.15, 0.2) is 0 Å². The molecule has 1 aromatic heterocycles. The van der Waals surface area contributed by atoms with Crippen molar-refractivity contribution in [3.05, 3.63) is 36.3 Å². The molecule has 2 saturated heterocycles. The fourth-order valence-electron chi connectivity index (χ4n) is 4.27. The molecule has 7 nitrogen and oxygen atoms in total. The molecule has 2 aromatic rings. The number of imidazole rings is 1. The average Bonchev–Trinajstić information content (AvgIpc) is 3.37. The molecule has 0 aliphatic carbocycles. The van der Waals surface area contributed by atoms with Crippen molar-refractivity contribution in [2.75, 3.05) is 6.54 Å². The number of nitrogens with one attached hydrogen (secondary N) is 1. The number of aromatic nitrogens is 2. The van der Waals surface area contributed by atoms with Gasteiger partial charge in [-0.2, -0.15) is 0 Å². The van der Waals surface area contributed by atoms with Crippen LogP contribution in [0.2, 0.25) is 0 Å². The average molecular weight is 453 g/mol. The number of rotatable bonds is 3. The first kappa shape index (κ1) is 23.8. The smallest absolute Gasteiger partial charge is 0.444 e. The summed E-state index contributed by atoms with van der Waals surface area (Å²) in [6, 6.07) is 7.99. The van der Waals surface area contributed by atoms with Crippen molar-refractivity contribution < 1.29 is 18.8 Å². The Hall–Kier alpha value is -2.32. The van der Waals surface area contributed by atoms with Crippen LogP contribution in [0.15, 0.2) is 30.5 Å². The summed E-state index contributed by atoms with van der Waals surface area (Å²) >= 11 is 0. The summed E-state index contributed by atoms with van der Waals surface area (Å²) < 4.78 is 17.9. The second-order valence-electron chi connectivity index (χ2n) is 11.4. The zero-order valence-corrected chi connectivity index (χ0v) is 21.1. The molecule has 0 saturated carbocycles. The van der Waals surface area contributed by atoms with Crippen molar-refractivity contribution in [2.24, 2.45) is 5.92 Å². The second-order valence-corrected chi connectivity index (χ2v) is 11.4. The van der Waals surface area contributed by atoms with Gasteiger partial charge in [0.05, 0.1) is 22.9 Å². The molecule has 3 heterocycles. The van der Waals surface area contributed by atoms with Crippen LogP contribution >= 0.6 is 0 Å². The minimum atomic E-state index is -0.527. The minimum absolute atomic E-state index is 0.118. The molecule has 1 amide bonds. The van der Waals surface area contributed by atoms with E-state index in [0.29, 0.717) is 12.5 Å². The second kappa shape index (κ2) is 8.17. The first-order chi connectivity index (χ1) is 15.3. The van der Waals surface area contributed by atoms with E-state index in [4.69, 9.17) is 19.0 Å². The molecule has 8 heteroatoms. The molecule has 0 bridgehead atoms. The maximum Gasteiger partial charge on any atom is 0.494 e. The van der Waals surface area contributed by atoms with Gasteiger partial charge in [0.25, 0.3) is 0 Å². The van der Waals surface area contributed by atoms with Crippen LogP contribution in [0.3, 0.4) is 0 Å². The Morgan fingerprint density at radius 1 is 1.15 bits per heavy atom. The molecule has 1 N–H and O–H groups in total. The molecule has 4 rings (SSSR count). The summed E-state index contributed by atoms with van der Waals surface area (Å²) in [7, 11) is -0.388. The molecule has 1 aromatic carbocycles. The molecule has 2 atom stereocenters. The van der Waals surface area contributed by atoms with Crippen LogP contribution in [-0.2, 0) is 14.0 Å². The SMILES string of the molecule is C[C@@H]1C[C@@H](c2nc(-c3ccc(B4OC(C)(C)C(C)(C)O4)cc3)c[nH]2)N(C(=O)OC(C)(C)C)C1. The van der Waals surface area contributed by atoms with E-state index < -0.39 is 5.60 Å². The highest BCUT2D eigenvalue weighted by atomic mass is 16.7. The Bertz CT molecular complexity index is 993. The molecule has 2 fully saturated rings. The van der Waals surface area contributed by atoms with Crippen molar-refractivity contribution >= 4 is 18.7 Å². The maximum atomic E-state index is 12.8. The number of likely N-dealkylation sites (tertiary alicyclic amines) is 1. The van der Waals surface area contributed by atoms with Crippen molar-refractivity contribution in [1.29, 1.82) is 0 Å². The van der Waals surface area contributed by atoms with E-state index in [-0.39, 0.29) is 30.5 Å². The lowest BCUT2D eigenvalue weighted by molar-refractivity contribution is 0.00578. The van der Waals surface area contributed by atoms with Gasteiger partial charge in [0, 0.05) is 18.3 Å². The first-order valence-electron chi connectivity index (χ1n) is 11.8. The molecule has 2 aliphatic heterocycles. The van der Waals surface area contributed by atoms with Gasteiger partial charge in [-0.15, -0.1) is 0 Å². The van der Waals surface area contributed by atoms with Gasteiger partial charge in [-0.05, 0) is 66.3 Å². The van der Waals surface area contributed by atoms with E-state index in [0.717, 1.165) is 29.0 Å². The molecular weight excluding hydrogens is 417 g/mol. The molecule has 33 heavy (non-hydrogen) atoms. The van der Waals surface area contributed by atoms with E-state index >= 15 is 0 Å². The Morgan fingerprint density at radius 3 is 2.33 bits per heavy atom. The molecule has 0 radical (unpaired) electrons. The minimum Gasteiger partial charge on any atom is -0.444 e. The van der Waals surface area contributed by atoms with Crippen LogP contribution in [0.5, 0.6) is 0 Å². The predicted molar refractivity (Wildman–Crippen MR) is 129 cm³/mol. The van der Waals surface area contributed by atoms with Crippen molar-refractivity contribution in [3.8, 4) is 11.3 Å². The number of hydrogen-bond donors (Lipinski definition) is 1. The van der Waals surface area contributed by atoms with E-state index in [1.807, 2.05) is 51.2 Å². The van der Waals surface area contributed by atoms with Gasteiger partial charge in [-0.25, -0.2) is 9.78 Å². The number of hydrogen-bond acceptors (Lipinski definition) is 5. The largest absolute Gasteiger partial charge is 0.494 e. The van der Waals surface area contributed by atoms with Gasteiger partial charge >= 0.3 is 13.2 Å². The number of aromatic amines is 1. The van der Waals surface area contributed by atoms with E-state index in [2.05, 4.69) is 39.6 Å². The van der Waals surface area contributed by atoms with E-state index in [1.165, 1.54) is 0 Å². The van der Waals surface area contributed by atoms with Gasteiger partial charge in [0.2, 0.25) is 0 Å². The number of ether oxygens (including phenoxy) is 1. The van der Waals surface area contributed by atoms with Gasteiger partial charge < -0.3 is 19.0 Å². The monoisotopic (exact) mass is 453 g/mol. The zero-order chi connectivity index (χ0) is 24.2.